The van der Waals surface area contributed by atoms with Crippen molar-refractivity contribution in [2.45, 2.75) is 6.92 Å². The Kier molecular flexibility index (Phi) is 3.91. The topological polar surface area (TPSA) is 46.9 Å². The zero-order chi connectivity index (χ0) is 14.2. The van der Waals surface area contributed by atoms with Gasteiger partial charge in [-0.2, -0.15) is 5.10 Å². The molecule has 0 saturated carbocycles. The lowest BCUT2D eigenvalue weighted by atomic mass is 10.3. The van der Waals surface area contributed by atoms with Gasteiger partial charge in [-0.1, -0.05) is 27.5 Å². The number of nitrogens with one attached hydrogen (secondary N) is 1. The average Bonchev–Trinajstić information content (AvgIpc) is 2.57. The van der Waals surface area contributed by atoms with Gasteiger partial charge in [0.05, 0.1) is 16.4 Å². The molecule has 1 N–H and O–H groups in total. The fourth-order valence-corrected chi connectivity index (χ4v) is 2.23. The number of carbonyl (C=O) groups excluding carboxylic acids is 1. The van der Waals surface area contributed by atoms with Crippen LogP contribution in [0.5, 0.6) is 0 Å². The summed E-state index contributed by atoms with van der Waals surface area (Å²) < 4.78 is 15.6. The van der Waals surface area contributed by atoms with Crippen LogP contribution in [0.25, 0.3) is 0 Å². The Labute approximate surface area is 122 Å². The number of halogens is 3. The third-order valence-electron chi connectivity index (χ3n) is 2.54. The Hall–Kier alpha value is -1.40. The molecule has 0 aliphatic carbocycles. The molecule has 2 aromatic rings. The first-order valence-electron chi connectivity index (χ1n) is 5.35. The van der Waals surface area contributed by atoms with Crippen molar-refractivity contribution in [2.24, 2.45) is 7.05 Å². The molecule has 4 nitrogen and oxygen atoms in total. The maximum atomic E-state index is 13.6. The maximum Gasteiger partial charge on any atom is 0.275 e. The Morgan fingerprint density at radius 3 is 2.74 bits per heavy atom. The highest BCUT2D eigenvalue weighted by Crippen LogP contribution is 2.23. The minimum Gasteiger partial charge on any atom is -0.318 e. The van der Waals surface area contributed by atoms with E-state index in [1.807, 2.05) is 0 Å². The summed E-state index contributed by atoms with van der Waals surface area (Å²) in [5.74, 6) is -1.04. The van der Waals surface area contributed by atoms with Gasteiger partial charge in [0.1, 0.15) is 11.5 Å². The van der Waals surface area contributed by atoms with Gasteiger partial charge in [0, 0.05) is 11.5 Å². The molecule has 0 saturated heterocycles. The molecule has 19 heavy (non-hydrogen) atoms. The van der Waals surface area contributed by atoms with Crippen LogP contribution < -0.4 is 5.32 Å². The van der Waals surface area contributed by atoms with Crippen molar-refractivity contribution in [3.05, 3.63) is 44.9 Å². The van der Waals surface area contributed by atoms with Gasteiger partial charge in [0.25, 0.3) is 5.91 Å². The quantitative estimate of drug-likeness (QED) is 0.904. The molecule has 0 unspecified atom stereocenters. The van der Waals surface area contributed by atoms with E-state index >= 15 is 0 Å². The highest BCUT2D eigenvalue weighted by molar-refractivity contribution is 9.10. The first-order valence-corrected chi connectivity index (χ1v) is 6.52. The molecule has 1 aromatic heterocycles. The Bertz CT molecular complexity index is 657. The van der Waals surface area contributed by atoms with E-state index in [1.165, 1.54) is 16.8 Å². The highest BCUT2D eigenvalue weighted by atomic mass is 79.9. The van der Waals surface area contributed by atoms with Crippen LogP contribution >= 0.6 is 27.5 Å². The lowest BCUT2D eigenvalue weighted by Gasteiger charge is -2.07. The van der Waals surface area contributed by atoms with E-state index in [0.717, 1.165) is 0 Å². The number of amides is 1. The van der Waals surface area contributed by atoms with Crippen molar-refractivity contribution < 1.29 is 9.18 Å². The second kappa shape index (κ2) is 5.30. The summed E-state index contributed by atoms with van der Waals surface area (Å²) in [4.78, 5) is 12.1. The number of hydrogen-bond acceptors (Lipinski definition) is 2. The highest BCUT2D eigenvalue weighted by Gasteiger charge is 2.19. The van der Waals surface area contributed by atoms with E-state index in [0.29, 0.717) is 10.2 Å². The number of rotatable bonds is 2. The van der Waals surface area contributed by atoms with Crippen LogP contribution in [0.3, 0.4) is 0 Å². The van der Waals surface area contributed by atoms with Crippen LogP contribution in [0.4, 0.5) is 10.1 Å². The van der Waals surface area contributed by atoms with Crippen molar-refractivity contribution >= 4 is 39.1 Å². The molecular weight excluding hydrogens is 337 g/mol. The Balaban J connectivity index is 2.31. The zero-order valence-corrected chi connectivity index (χ0v) is 12.5. The maximum absolute atomic E-state index is 13.6. The molecule has 7 heteroatoms. The summed E-state index contributed by atoms with van der Waals surface area (Å²) in [5.41, 5.74) is 0.829. The first kappa shape index (κ1) is 14.0. The summed E-state index contributed by atoms with van der Waals surface area (Å²) >= 11 is 9.14. The molecule has 0 bridgehead atoms. The lowest BCUT2D eigenvalue weighted by molar-refractivity contribution is 0.101. The zero-order valence-electron chi connectivity index (χ0n) is 10.2. The molecule has 2 rings (SSSR count). The smallest absolute Gasteiger partial charge is 0.275 e. The predicted molar refractivity (Wildman–Crippen MR) is 75.0 cm³/mol. The van der Waals surface area contributed by atoms with Crippen molar-refractivity contribution in [1.82, 2.24) is 9.78 Å². The fourth-order valence-electron chi connectivity index (χ4n) is 1.65. The SMILES string of the molecule is Cc1nn(C)c(C(=O)Nc2ccc(Br)cc2F)c1Cl. The minimum absolute atomic E-state index is 0.0862. The number of hydrogen-bond donors (Lipinski definition) is 1. The van der Waals surface area contributed by atoms with Crippen molar-refractivity contribution in [1.29, 1.82) is 0 Å². The molecule has 0 spiro atoms. The van der Waals surface area contributed by atoms with Crippen molar-refractivity contribution in [3.63, 3.8) is 0 Å². The van der Waals surface area contributed by atoms with Gasteiger partial charge in [-0.3, -0.25) is 9.48 Å². The van der Waals surface area contributed by atoms with Crippen LogP contribution in [-0.4, -0.2) is 15.7 Å². The van der Waals surface area contributed by atoms with Crippen LogP contribution in [0.1, 0.15) is 16.2 Å². The van der Waals surface area contributed by atoms with Crippen LogP contribution in [0.15, 0.2) is 22.7 Å². The Morgan fingerprint density at radius 2 is 2.21 bits per heavy atom. The summed E-state index contributed by atoms with van der Waals surface area (Å²) in [5, 5.41) is 6.76. The predicted octanol–water partition coefficient (Wildman–Crippen LogP) is 3.54. The third kappa shape index (κ3) is 2.79. The van der Waals surface area contributed by atoms with E-state index in [9.17, 15) is 9.18 Å². The standard InChI is InChI=1S/C12H10BrClFN3O/c1-6-10(14)11(18(2)17-6)12(19)16-9-4-3-7(13)5-8(9)15/h3-5H,1-2H3,(H,16,19). The summed E-state index contributed by atoms with van der Waals surface area (Å²) in [6, 6.07) is 4.37. The van der Waals surface area contributed by atoms with E-state index < -0.39 is 11.7 Å². The normalized spacial score (nSPS) is 10.6. The summed E-state index contributed by atoms with van der Waals surface area (Å²) in [6.07, 6.45) is 0. The monoisotopic (exact) mass is 345 g/mol. The van der Waals surface area contributed by atoms with Gasteiger partial charge >= 0.3 is 0 Å². The van der Waals surface area contributed by atoms with Crippen molar-refractivity contribution in [3.8, 4) is 0 Å². The van der Waals surface area contributed by atoms with E-state index in [2.05, 4.69) is 26.3 Å². The number of benzene rings is 1. The number of aromatic nitrogens is 2. The first-order chi connectivity index (χ1) is 8.90. The van der Waals surface area contributed by atoms with Crippen LogP contribution in [-0.2, 0) is 7.05 Å². The molecule has 1 heterocycles. The second-order valence-corrected chi connectivity index (χ2v) is 5.24. The van der Waals surface area contributed by atoms with Gasteiger partial charge in [-0.05, 0) is 25.1 Å². The van der Waals surface area contributed by atoms with E-state index in [1.54, 1.807) is 20.0 Å². The minimum atomic E-state index is -0.530. The Morgan fingerprint density at radius 1 is 1.53 bits per heavy atom. The van der Waals surface area contributed by atoms with E-state index in [4.69, 9.17) is 11.6 Å². The molecule has 0 aliphatic heterocycles. The molecule has 0 aliphatic rings. The van der Waals surface area contributed by atoms with Gasteiger partial charge in [0.2, 0.25) is 0 Å². The average molecular weight is 347 g/mol. The number of anilines is 1. The van der Waals surface area contributed by atoms with Gasteiger partial charge in [-0.15, -0.1) is 0 Å². The third-order valence-corrected chi connectivity index (χ3v) is 3.49. The lowest BCUT2D eigenvalue weighted by Crippen LogP contribution is -2.17. The van der Waals surface area contributed by atoms with Gasteiger partial charge in [0.15, 0.2) is 0 Å². The molecule has 0 atom stereocenters. The molecule has 0 radical (unpaired) electrons. The summed E-state index contributed by atoms with van der Waals surface area (Å²) in [6.45, 7) is 1.69. The molecule has 0 fully saturated rings. The summed E-state index contributed by atoms with van der Waals surface area (Å²) in [7, 11) is 1.60. The molecule has 100 valence electrons. The number of nitrogens with zero attached hydrogens (tertiary/aromatic N) is 2. The van der Waals surface area contributed by atoms with E-state index in [-0.39, 0.29) is 16.4 Å². The largest absolute Gasteiger partial charge is 0.318 e. The fraction of sp³-hybridized carbons (Fsp3) is 0.167. The van der Waals surface area contributed by atoms with Crippen LogP contribution in [0.2, 0.25) is 5.02 Å². The molecular formula is C12H10BrClFN3O. The second-order valence-electron chi connectivity index (χ2n) is 3.95. The van der Waals surface area contributed by atoms with Gasteiger partial charge in [-0.25, -0.2) is 4.39 Å². The number of carbonyl (C=O) groups is 1. The number of aryl methyl sites for hydroxylation is 2. The molecule has 1 amide bonds. The van der Waals surface area contributed by atoms with Crippen LogP contribution in [0, 0.1) is 12.7 Å². The van der Waals surface area contributed by atoms with Gasteiger partial charge < -0.3 is 5.32 Å². The van der Waals surface area contributed by atoms with Crippen molar-refractivity contribution in [2.75, 3.05) is 5.32 Å². The molecule has 1 aromatic carbocycles.